The summed E-state index contributed by atoms with van der Waals surface area (Å²) in [6.45, 7) is -0.482. The average Bonchev–Trinajstić information content (AvgIpc) is 3.02. The SMILES string of the molecule is O=C(COC(=O)[C@@H]1CC(=O)N(c2ccccc2F)C1)Nc1cccc(Cl)c1. The predicted molar refractivity (Wildman–Crippen MR) is 97.9 cm³/mol. The number of benzene rings is 2. The summed E-state index contributed by atoms with van der Waals surface area (Å²) in [6, 6.07) is 12.4. The molecule has 0 bridgehead atoms. The van der Waals surface area contributed by atoms with Crippen LogP contribution in [-0.2, 0) is 19.1 Å². The lowest BCUT2D eigenvalue weighted by Crippen LogP contribution is -2.28. The van der Waals surface area contributed by atoms with E-state index in [-0.39, 0.29) is 24.6 Å². The molecule has 140 valence electrons. The third-order valence-electron chi connectivity index (χ3n) is 4.06. The van der Waals surface area contributed by atoms with E-state index in [1.807, 2.05) is 0 Å². The third-order valence-corrected chi connectivity index (χ3v) is 4.29. The van der Waals surface area contributed by atoms with Gasteiger partial charge < -0.3 is 15.0 Å². The minimum absolute atomic E-state index is 0.00844. The fourth-order valence-electron chi connectivity index (χ4n) is 2.79. The summed E-state index contributed by atoms with van der Waals surface area (Å²) in [6.07, 6.45) is -0.0942. The molecule has 0 radical (unpaired) electrons. The van der Waals surface area contributed by atoms with Crippen LogP contribution in [0.15, 0.2) is 48.5 Å². The summed E-state index contributed by atoms with van der Waals surface area (Å²) in [7, 11) is 0. The molecule has 1 N–H and O–H groups in total. The second-order valence-electron chi connectivity index (χ2n) is 6.02. The number of hydrogen-bond acceptors (Lipinski definition) is 4. The van der Waals surface area contributed by atoms with Crippen molar-refractivity contribution in [1.29, 1.82) is 0 Å². The normalized spacial score (nSPS) is 16.3. The molecule has 2 aromatic rings. The quantitative estimate of drug-likeness (QED) is 0.796. The fourth-order valence-corrected chi connectivity index (χ4v) is 2.98. The zero-order valence-corrected chi connectivity index (χ0v) is 14.9. The molecule has 1 aliphatic rings. The average molecular weight is 391 g/mol. The van der Waals surface area contributed by atoms with Crippen molar-refractivity contribution in [2.24, 2.45) is 5.92 Å². The number of halogens is 2. The Morgan fingerprint density at radius 3 is 2.74 bits per heavy atom. The number of rotatable bonds is 5. The van der Waals surface area contributed by atoms with Crippen LogP contribution in [0.5, 0.6) is 0 Å². The summed E-state index contributed by atoms with van der Waals surface area (Å²) < 4.78 is 18.9. The van der Waals surface area contributed by atoms with E-state index in [4.69, 9.17) is 16.3 Å². The van der Waals surface area contributed by atoms with Gasteiger partial charge in [0, 0.05) is 23.7 Å². The molecular weight excluding hydrogens is 375 g/mol. The molecule has 6 nitrogen and oxygen atoms in total. The summed E-state index contributed by atoms with van der Waals surface area (Å²) in [5, 5.41) is 3.01. The minimum atomic E-state index is -0.754. The van der Waals surface area contributed by atoms with Crippen LogP contribution >= 0.6 is 11.6 Å². The number of para-hydroxylation sites is 1. The van der Waals surface area contributed by atoms with Gasteiger partial charge >= 0.3 is 5.97 Å². The zero-order valence-electron chi connectivity index (χ0n) is 14.2. The summed E-state index contributed by atoms with van der Waals surface area (Å²) in [5.41, 5.74) is 0.599. The van der Waals surface area contributed by atoms with Crippen LogP contribution in [0.4, 0.5) is 15.8 Å². The van der Waals surface area contributed by atoms with Gasteiger partial charge in [-0.1, -0.05) is 29.8 Å². The molecule has 3 rings (SSSR count). The molecule has 2 aromatic carbocycles. The van der Waals surface area contributed by atoms with Crippen molar-refractivity contribution in [1.82, 2.24) is 0 Å². The van der Waals surface area contributed by atoms with E-state index < -0.39 is 30.2 Å². The van der Waals surface area contributed by atoms with Gasteiger partial charge in [0.15, 0.2) is 6.61 Å². The van der Waals surface area contributed by atoms with Gasteiger partial charge in [-0.3, -0.25) is 14.4 Å². The van der Waals surface area contributed by atoms with Crippen LogP contribution in [-0.4, -0.2) is 30.9 Å². The van der Waals surface area contributed by atoms with Crippen molar-refractivity contribution in [3.63, 3.8) is 0 Å². The van der Waals surface area contributed by atoms with Crippen molar-refractivity contribution in [3.8, 4) is 0 Å². The number of nitrogens with one attached hydrogen (secondary N) is 1. The van der Waals surface area contributed by atoms with E-state index in [0.29, 0.717) is 10.7 Å². The highest BCUT2D eigenvalue weighted by Crippen LogP contribution is 2.27. The number of anilines is 2. The molecule has 1 atom stereocenters. The van der Waals surface area contributed by atoms with E-state index in [1.165, 1.54) is 23.1 Å². The Morgan fingerprint density at radius 2 is 2.00 bits per heavy atom. The maximum atomic E-state index is 13.9. The van der Waals surface area contributed by atoms with E-state index >= 15 is 0 Å². The number of nitrogens with zero attached hydrogens (tertiary/aromatic N) is 1. The first-order valence-corrected chi connectivity index (χ1v) is 8.59. The molecule has 1 aliphatic heterocycles. The molecule has 1 fully saturated rings. The Balaban J connectivity index is 1.53. The van der Waals surface area contributed by atoms with E-state index in [9.17, 15) is 18.8 Å². The molecule has 27 heavy (non-hydrogen) atoms. The van der Waals surface area contributed by atoms with Gasteiger partial charge in [0.1, 0.15) is 5.82 Å². The highest BCUT2D eigenvalue weighted by molar-refractivity contribution is 6.30. The zero-order chi connectivity index (χ0) is 19.4. The van der Waals surface area contributed by atoms with Crippen molar-refractivity contribution in [2.75, 3.05) is 23.4 Å². The highest BCUT2D eigenvalue weighted by atomic mass is 35.5. The van der Waals surface area contributed by atoms with Gasteiger partial charge in [-0.15, -0.1) is 0 Å². The van der Waals surface area contributed by atoms with Crippen molar-refractivity contribution >= 4 is 40.8 Å². The monoisotopic (exact) mass is 390 g/mol. The van der Waals surface area contributed by atoms with E-state index in [2.05, 4.69) is 5.32 Å². The second kappa shape index (κ2) is 8.18. The third kappa shape index (κ3) is 4.62. The molecule has 1 heterocycles. The summed E-state index contributed by atoms with van der Waals surface area (Å²) in [4.78, 5) is 37.4. The lowest BCUT2D eigenvalue weighted by molar-refractivity contribution is -0.151. The van der Waals surface area contributed by atoms with Crippen molar-refractivity contribution in [3.05, 3.63) is 59.4 Å². The molecule has 8 heteroatoms. The maximum absolute atomic E-state index is 13.9. The molecule has 0 unspecified atom stereocenters. The Kier molecular flexibility index (Phi) is 5.71. The topological polar surface area (TPSA) is 75.7 Å². The lowest BCUT2D eigenvalue weighted by atomic mass is 10.1. The van der Waals surface area contributed by atoms with E-state index in [0.717, 1.165) is 0 Å². The number of amides is 2. The number of carbonyl (C=O) groups excluding carboxylic acids is 3. The minimum Gasteiger partial charge on any atom is -0.455 e. The number of esters is 1. The molecular formula is C19H16ClFN2O4. The van der Waals surface area contributed by atoms with Crippen molar-refractivity contribution < 1.29 is 23.5 Å². The van der Waals surface area contributed by atoms with Gasteiger partial charge in [0.05, 0.1) is 11.6 Å². The maximum Gasteiger partial charge on any atom is 0.311 e. The second-order valence-corrected chi connectivity index (χ2v) is 6.46. The molecule has 0 aliphatic carbocycles. The van der Waals surface area contributed by atoms with Crippen LogP contribution in [0.3, 0.4) is 0 Å². The van der Waals surface area contributed by atoms with Gasteiger partial charge in [-0.05, 0) is 30.3 Å². The molecule has 0 saturated carbocycles. The van der Waals surface area contributed by atoms with Crippen molar-refractivity contribution in [2.45, 2.75) is 6.42 Å². The van der Waals surface area contributed by atoms with E-state index in [1.54, 1.807) is 30.3 Å². The predicted octanol–water partition coefficient (Wildman–Crippen LogP) is 3.01. The van der Waals surface area contributed by atoms with Crippen LogP contribution in [0.1, 0.15) is 6.42 Å². The first kappa shape index (κ1) is 18.8. The van der Waals surface area contributed by atoms with Crippen LogP contribution in [0, 0.1) is 11.7 Å². The largest absolute Gasteiger partial charge is 0.455 e. The highest BCUT2D eigenvalue weighted by Gasteiger charge is 2.37. The Hall–Kier alpha value is -2.93. The fraction of sp³-hybridized carbons (Fsp3) is 0.211. The smallest absolute Gasteiger partial charge is 0.311 e. The van der Waals surface area contributed by atoms with Gasteiger partial charge in [-0.2, -0.15) is 0 Å². The first-order chi connectivity index (χ1) is 12.9. The molecule has 1 saturated heterocycles. The standard InChI is InChI=1S/C19H16ClFN2O4/c20-13-4-3-5-14(9-13)22-17(24)11-27-19(26)12-8-18(25)23(10-12)16-7-2-1-6-15(16)21/h1-7,9,12H,8,10-11H2,(H,22,24)/t12-/m1/s1. The molecule has 2 amide bonds. The first-order valence-electron chi connectivity index (χ1n) is 8.21. The van der Waals surface area contributed by atoms with Crippen LogP contribution in [0.2, 0.25) is 5.02 Å². The Bertz CT molecular complexity index is 890. The number of hydrogen-bond donors (Lipinski definition) is 1. The lowest BCUT2D eigenvalue weighted by Gasteiger charge is -2.17. The van der Waals surface area contributed by atoms with Gasteiger partial charge in [0.2, 0.25) is 5.91 Å². The van der Waals surface area contributed by atoms with Crippen LogP contribution in [0.25, 0.3) is 0 Å². The Labute approximate surface area is 159 Å². The van der Waals surface area contributed by atoms with Crippen LogP contribution < -0.4 is 10.2 Å². The number of carbonyl (C=O) groups is 3. The Morgan fingerprint density at radius 1 is 1.22 bits per heavy atom. The summed E-state index contributed by atoms with van der Waals surface area (Å²) in [5.74, 6) is -2.87. The molecule has 0 aromatic heterocycles. The summed E-state index contributed by atoms with van der Waals surface area (Å²) >= 11 is 5.83. The molecule has 0 spiro atoms. The number of ether oxygens (including phenoxy) is 1. The van der Waals surface area contributed by atoms with Gasteiger partial charge in [0.25, 0.3) is 5.91 Å². The van der Waals surface area contributed by atoms with Gasteiger partial charge in [-0.25, -0.2) is 4.39 Å².